The monoisotopic (exact) mass is 209 g/mol. The van der Waals surface area contributed by atoms with E-state index in [1.165, 1.54) is 0 Å². The Kier molecular flexibility index (Phi) is 3.88. The van der Waals surface area contributed by atoms with Crippen molar-refractivity contribution >= 4 is 23.4 Å². The van der Waals surface area contributed by atoms with E-state index >= 15 is 0 Å². The second kappa shape index (κ2) is 4.96. The second-order valence-corrected chi connectivity index (χ2v) is 3.79. The number of benzene rings is 1. The van der Waals surface area contributed by atoms with E-state index in [1.54, 1.807) is 23.9 Å². The average molecular weight is 210 g/mol. The van der Waals surface area contributed by atoms with E-state index < -0.39 is 0 Å². The van der Waals surface area contributed by atoms with Crippen molar-refractivity contribution < 1.29 is 0 Å². The molecule has 0 aliphatic rings. The van der Waals surface area contributed by atoms with Crippen molar-refractivity contribution in [2.75, 3.05) is 5.75 Å². The molecule has 0 N–H and O–H groups in total. The maximum Gasteiger partial charge on any atom is 0.102 e. The molecule has 66 valence electrons. The normalized spacial score (nSPS) is 9.23. The number of hydrogen-bond acceptors (Lipinski definition) is 2. The molecular weight excluding hydrogens is 202 g/mol. The van der Waals surface area contributed by atoms with Gasteiger partial charge in [-0.1, -0.05) is 23.7 Å². The Morgan fingerprint density at radius 3 is 3.00 bits per heavy atom. The van der Waals surface area contributed by atoms with Crippen LogP contribution < -0.4 is 0 Å². The number of rotatable bonds is 3. The maximum atomic E-state index is 8.82. The number of nitriles is 1. The summed E-state index contributed by atoms with van der Waals surface area (Å²) >= 11 is 7.41. The van der Waals surface area contributed by atoms with Crippen molar-refractivity contribution in [2.45, 2.75) is 4.90 Å². The molecule has 0 unspecified atom stereocenters. The first-order chi connectivity index (χ1) is 6.29. The van der Waals surface area contributed by atoms with Gasteiger partial charge in [0.05, 0.1) is 10.6 Å². The van der Waals surface area contributed by atoms with Crippen LogP contribution in [0.4, 0.5) is 0 Å². The molecular formula is C10H8ClNS. The van der Waals surface area contributed by atoms with E-state index in [-0.39, 0.29) is 0 Å². The quantitative estimate of drug-likeness (QED) is 0.562. The zero-order valence-corrected chi connectivity index (χ0v) is 8.53. The van der Waals surface area contributed by atoms with Gasteiger partial charge >= 0.3 is 0 Å². The van der Waals surface area contributed by atoms with Crippen LogP contribution in [0, 0.1) is 11.3 Å². The minimum absolute atomic E-state index is 0.511. The molecule has 0 fully saturated rings. The lowest BCUT2D eigenvalue weighted by atomic mass is 10.2. The smallest absolute Gasteiger partial charge is 0.102 e. The molecule has 0 bridgehead atoms. The highest BCUT2D eigenvalue weighted by Crippen LogP contribution is 2.27. The molecule has 0 saturated heterocycles. The van der Waals surface area contributed by atoms with Crippen molar-refractivity contribution in [3.05, 3.63) is 41.4 Å². The zero-order valence-electron chi connectivity index (χ0n) is 6.96. The van der Waals surface area contributed by atoms with Gasteiger partial charge in [-0.25, -0.2) is 0 Å². The number of hydrogen-bond donors (Lipinski definition) is 0. The summed E-state index contributed by atoms with van der Waals surface area (Å²) in [5.74, 6) is 0.787. The molecule has 1 aromatic carbocycles. The molecule has 0 radical (unpaired) electrons. The fraction of sp³-hybridized carbons (Fsp3) is 0.100. The molecule has 1 aromatic rings. The molecule has 1 nitrogen and oxygen atoms in total. The van der Waals surface area contributed by atoms with Crippen LogP contribution in [0.3, 0.4) is 0 Å². The fourth-order valence-electron chi connectivity index (χ4n) is 0.882. The van der Waals surface area contributed by atoms with E-state index in [0.717, 1.165) is 10.6 Å². The molecule has 0 spiro atoms. The summed E-state index contributed by atoms with van der Waals surface area (Å²) < 4.78 is 0. The van der Waals surface area contributed by atoms with E-state index in [9.17, 15) is 0 Å². The highest BCUT2D eigenvalue weighted by atomic mass is 35.5. The molecule has 0 aliphatic heterocycles. The third-order valence-corrected chi connectivity index (χ3v) is 2.81. The first-order valence-corrected chi connectivity index (χ1v) is 5.08. The lowest BCUT2D eigenvalue weighted by Crippen LogP contribution is -1.82. The molecule has 13 heavy (non-hydrogen) atoms. The molecule has 0 aliphatic carbocycles. The largest absolute Gasteiger partial charge is 0.192 e. The fourth-order valence-corrected chi connectivity index (χ4v) is 1.93. The van der Waals surface area contributed by atoms with Crippen molar-refractivity contribution in [3.8, 4) is 6.07 Å². The number of nitrogens with zero attached hydrogens (tertiary/aromatic N) is 1. The third kappa shape index (κ3) is 2.51. The van der Waals surface area contributed by atoms with Crippen LogP contribution in [0.5, 0.6) is 0 Å². The maximum absolute atomic E-state index is 8.82. The average Bonchev–Trinajstić information content (AvgIpc) is 2.15. The van der Waals surface area contributed by atoms with Crippen molar-refractivity contribution in [1.29, 1.82) is 5.26 Å². The van der Waals surface area contributed by atoms with Gasteiger partial charge in [-0.15, -0.1) is 18.3 Å². The van der Waals surface area contributed by atoms with Crippen LogP contribution in [-0.4, -0.2) is 5.75 Å². The number of halogens is 1. The van der Waals surface area contributed by atoms with Gasteiger partial charge < -0.3 is 0 Å². The first kappa shape index (κ1) is 10.2. The van der Waals surface area contributed by atoms with E-state index in [1.807, 2.05) is 12.1 Å². The summed E-state index contributed by atoms with van der Waals surface area (Å²) in [5.41, 5.74) is 0.552. The lowest BCUT2D eigenvalue weighted by molar-refractivity contribution is 1.37. The van der Waals surface area contributed by atoms with Crippen LogP contribution in [0.1, 0.15) is 5.56 Å². The van der Waals surface area contributed by atoms with Crippen molar-refractivity contribution in [2.24, 2.45) is 0 Å². The third-order valence-electron chi connectivity index (χ3n) is 1.44. The van der Waals surface area contributed by atoms with Gasteiger partial charge in [-0.3, -0.25) is 0 Å². The Balaban J connectivity index is 3.00. The summed E-state index contributed by atoms with van der Waals surface area (Å²) in [5, 5.41) is 9.34. The topological polar surface area (TPSA) is 23.8 Å². The van der Waals surface area contributed by atoms with Gasteiger partial charge in [-0.05, 0) is 12.1 Å². The standard InChI is InChI=1S/C10H8ClNS/c1-2-6-13-10-5-3-4-9(11)8(10)7-12/h2-5H,1,6H2. The summed E-state index contributed by atoms with van der Waals surface area (Å²) in [4.78, 5) is 0.912. The van der Waals surface area contributed by atoms with E-state index in [0.29, 0.717) is 10.6 Å². The van der Waals surface area contributed by atoms with Crippen LogP contribution in [-0.2, 0) is 0 Å². The molecule has 0 atom stereocenters. The van der Waals surface area contributed by atoms with Crippen molar-refractivity contribution in [3.63, 3.8) is 0 Å². The van der Waals surface area contributed by atoms with Crippen LogP contribution >= 0.6 is 23.4 Å². The zero-order chi connectivity index (χ0) is 9.68. The highest BCUT2D eigenvalue weighted by molar-refractivity contribution is 7.99. The predicted octanol–water partition coefficient (Wildman–Crippen LogP) is 3.49. The minimum Gasteiger partial charge on any atom is -0.192 e. The first-order valence-electron chi connectivity index (χ1n) is 3.72. The van der Waals surface area contributed by atoms with Crippen LogP contribution in [0.2, 0.25) is 5.02 Å². The molecule has 0 aromatic heterocycles. The van der Waals surface area contributed by atoms with Gasteiger partial charge in [0.15, 0.2) is 0 Å². The Morgan fingerprint density at radius 1 is 1.62 bits per heavy atom. The molecule has 0 heterocycles. The van der Waals surface area contributed by atoms with E-state index in [2.05, 4.69) is 12.6 Å². The van der Waals surface area contributed by atoms with Gasteiger partial charge in [0.25, 0.3) is 0 Å². The molecule has 3 heteroatoms. The SMILES string of the molecule is C=CCSc1cccc(Cl)c1C#N. The van der Waals surface area contributed by atoms with Gasteiger partial charge in [-0.2, -0.15) is 5.26 Å². The van der Waals surface area contributed by atoms with Gasteiger partial charge in [0.1, 0.15) is 6.07 Å². The Bertz CT molecular complexity index is 354. The second-order valence-electron chi connectivity index (χ2n) is 2.32. The Morgan fingerprint density at radius 2 is 2.38 bits per heavy atom. The lowest BCUT2D eigenvalue weighted by Gasteiger charge is -2.02. The van der Waals surface area contributed by atoms with Gasteiger partial charge in [0, 0.05) is 10.6 Å². The molecule has 0 saturated carbocycles. The van der Waals surface area contributed by atoms with Crippen LogP contribution in [0.25, 0.3) is 0 Å². The van der Waals surface area contributed by atoms with Crippen LogP contribution in [0.15, 0.2) is 35.7 Å². The van der Waals surface area contributed by atoms with Crippen molar-refractivity contribution in [1.82, 2.24) is 0 Å². The Labute approximate surface area is 87.0 Å². The summed E-state index contributed by atoms with van der Waals surface area (Å²) in [6.45, 7) is 3.62. The minimum atomic E-state index is 0.511. The summed E-state index contributed by atoms with van der Waals surface area (Å²) in [6, 6.07) is 7.54. The Hall–Kier alpha value is -0.910. The van der Waals surface area contributed by atoms with E-state index in [4.69, 9.17) is 16.9 Å². The summed E-state index contributed by atoms with van der Waals surface area (Å²) in [7, 11) is 0. The highest BCUT2D eigenvalue weighted by Gasteiger charge is 2.04. The molecule has 0 amide bonds. The van der Waals surface area contributed by atoms with Gasteiger partial charge in [0.2, 0.25) is 0 Å². The molecule has 1 rings (SSSR count). The predicted molar refractivity (Wildman–Crippen MR) is 57.1 cm³/mol. The summed E-state index contributed by atoms with van der Waals surface area (Å²) in [6.07, 6.45) is 1.80. The number of thioether (sulfide) groups is 1.